The Kier molecular flexibility index (Phi) is 3.05. The highest BCUT2D eigenvalue weighted by molar-refractivity contribution is 5.12. The summed E-state index contributed by atoms with van der Waals surface area (Å²) in [6, 6.07) is 0.192. The molecule has 0 radical (unpaired) electrons. The lowest BCUT2D eigenvalue weighted by atomic mass is 9.85. The topological polar surface area (TPSA) is 77.4 Å². The maximum absolute atomic E-state index is 6.34. The van der Waals surface area contributed by atoms with Crippen molar-refractivity contribution in [1.29, 1.82) is 0 Å². The van der Waals surface area contributed by atoms with Gasteiger partial charge in [-0.2, -0.15) is 4.98 Å². The molecule has 6 heteroatoms. The minimum Gasteiger partial charge on any atom is -0.367 e. The lowest BCUT2D eigenvalue weighted by Gasteiger charge is -2.28. The molecule has 4 rings (SSSR count). The first-order valence-electron chi connectivity index (χ1n) is 7.61. The number of fused-ring (bicyclic) bond motifs is 2. The highest BCUT2D eigenvalue weighted by atomic mass is 16.5. The van der Waals surface area contributed by atoms with Crippen molar-refractivity contribution in [2.75, 3.05) is 26.7 Å². The van der Waals surface area contributed by atoms with Crippen LogP contribution in [0.1, 0.15) is 43.0 Å². The first-order chi connectivity index (χ1) is 9.72. The molecule has 1 saturated heterocycles. The third-order valence-corrected chi connectivity index (χ3v) is 5.28. The van der Waals surface area contributed by atoms with E-state index in [0.29, 0.717) is 17.7 Å². The van der Waals surface area contributed by atoms with Gasteiger partial charge >= 0.3 is 0 Å². The molecule has 110 valence electrons. The molecule has 3 fully saturated rings. The van der Waals surface area contributed by atoms with E-state index >= 15 is 0 Å². The minimum atomic E-state index is -0.0685. The molecule has 20 heavy (non-hydrogen) atoms. The Morgan fingerprint density at radius 3 is 2.90 bits per heavy atom. The summed E-state index contributed by atoms with van der Waals surface area (Å²) in [4.78, 5) is 6.84. The van der Waals surface area contributed by atoms with Gasteiger partial charge < -0.3 is 19.9 Å². The number of hydrogen-bond donors (Lipinski definition) is 1. The highest BCUT2D eigenvalue weighted by Gasteiger charge is 2.49. The molecule has 0 amide bonds. The van der Waals surface area contributed by atoms with Crippen molar-refractivity contribution in [3.63, 3.8) is 0 Å². The zero-order valence-electron chi connectivity index (χ0n) is 11.9. The van der Waals surface area contributed by atoms with Crippen LogP contribution in [0, 0.1) is 11.8 Å². The van der Waals surface area contributed by atoms with Crippen molar-refractivity contribution < 1.29 is 9.26 Å². The van der Waals surface area contributed by atoms with E-state index in [1.807, 2.05) is 0 Å². The van der Waals surface area contributed by atoms with Crippen molar-refractivity contribution >= 4 is 0 Å². The quantitative estimate of drug-likeness (QED) is 0.866. The van der Waals surface area contributed by atoms with Crippen molar-refractivity contribution in [1.82, 2.24) is 15.0 Å². The van der Waals surface area contributed by atoms with Crippen molar-refractivity contribution in [3.8, 4) is 0 Å². The average Bonchev–Trinajstić information content (AvgIpc) is 3.13. The predicted octanol–water partition coefficient (Wildman–Crippen LogP) is 0.913. The van der Waals surface area contributed by atoms with Gasteiger partial charge in [0.15, 0.2) is 0 Å². The third-order valence-electron chi connectivity index (χ3n) is 5.28. The second kappa shape index (κ2) is 4.79. The van der Waals surface area contributed by atoms with Gasteiger partial charge in [-0.25, -0.2) is 0 Å². The molecule has 1 aromatic rings. The van der Waals surface area contributed by atoms with Crippen LogP contribution in [0.4, 0.5) is 0 Å². The summed E-state index contributed by atoms with van der Waals surface area (Å²) in [7, 11) is 2.09. The maximum Gasteiger partial charge on any atom is 0.231 e. The molecular weight excluding hydrogens is 256 g/mol. The van der Waals surface area contributed by atoms with E-state index in [9.17, 15) is 0 Å². The summed E-state index contributed by atoms with van der Waals surface area (Å²) in [5.41, 5.74) is 6.34. The normalized spacial score (nSPS) is 41.4. The molecule has 1 aliphatic heterocycles. The Morgan fingerprint density at radius 1 is 1.30 bits per heavy atom. The van der Waals surface area contributed by atoms with E-state index in [4.69, 9.17) is 15.0 Å². The zero-order chi connectivity index (χ0) is 13.7. The Balaban J connectivity index is 1.53. The van der Waals surface area contributed by atoms with Gasteiger partial charge in [-0.3, -0.25) is 0 Å². The van der Waals surface area contributed by atoms with Crippen LogP contribution >= 0.6 is 0 Å². The number of ether oxygens (including phenoxy) is 1. The SMILES string of the molecule is CN1CCOC(c2noc(C3C4CCC(C4)C3N)n2)C1. The van der Waals surface area contributed by atoms with E-state index in [1.165, 1.54) is 19.3 Å². The molecule has 0 spiro atoms. The van der Waals surface area contributed by atoms with Gasteiger partial charge in [-0.05, 0) is 38.1 Å². The lowest BCUT2D eigenvalue weighted by molar-refractivity contribution is -0.0264. The molecule has 1 aromatic heterocycles. The smallest absolute Gasteiger partial charge is 0.231 e. The molecular formula is C14H22N4O2. The number of rotatable bonds is 2. The van der Waals surface area contributed by atoms with E-state index in [0.717, 1.165) is 25.6 Å². The molecule has 2 heterocycles. The zero-order valence-corrected chi connectivity index (χ0v) is 11.9. The summed E-state index contributed by atoms with van der Waals surface area (Å²) in [6.07, 6.45) is 3.68. The summed E-state index contributed by atoms with van der Waals surface area (Å²) < 4.78 is 11.3. The Bertz CT molecular complexity index is 489. The van der Waals surface area contributed by atoms with Crippen LogP contribution in [0.2, 0.25) is 0 Å². The fourth-order valence-corrected chi connectivity index (χ4v) is 4.15. The molecule has 2 saturated carbocycles. The van der Waals surface area contributed by atoms with E-state index in [1.54, 1.807) is 0 Å². The number of hydrogen-bond acceptors (Lipinski definition) is 6. The summed E-state index contributed by atoms with van der Waals surface area (Å²) in [5.74, 6) is 2.96. The van der Waals surface area contributed by atoms with Gasteiger partial charge in [0.25, 0.3) is 0 Å². The molecule has 0 aromatic carbocycles. The molecule has 5 atom stereocenters. The molecule has 2 N–H and O–H groups in total. The number of likely N-dealkylation sites (N-methyl/N-ethyl adjacent to an activating group) is 1. The summed E-state index contributed by atoms with van der Waals surface area (Å²) in [5, 5.41) is 4.14. The first kappa shape index (κ1) is 12.7. The van der Waals surface area contributed by atoms with Gasteiger partial charge in [0.1, 0.15) is 6.10 Å². The Labute approximate surface area is 118 Å². The van der Waals surface area contributed by atoms with Crippen molar-refractivity contribution in [2.45, 2.75) is 37.3 Å². The Morgan fingerprint density at radius 2 is 2.15 bits per heavy atom. The molecule has 2 bridgehead atoms. The maximum atomic E-state index is 6.34. The van der Waals surface area contributed by atoms with Gasteiger partial charge in [0.05, 0.1) is 12.5 Å². The fraction of sp³-hybridized carbons (Fsp3) is 0.857. The lowest BCUT2D eigenvalue weighted by Crippen LogP contribution is -2.36. The van der Waals surface area contributed by atoms with E-state index in [2.05, 4.69) is 22.1 Å². The number of morpholine rings is 1. The van der Waals surface area contributed by atoms with Gasteiger partial charge in [0.2, 0.25) is 11.7 Å². The summed E-state index contributed by atoms with van der Waals surface area (Å²) >= 11 is 0. The minimum absolute atomic E-state index is 0.0685. The summed E-state index contributed by atoms with van der Waals surface area (Å²) in [6.45, 7) is 2.50. The largest absolute Gasteiger partial charge is 0.367 e. The fourth-order valence-electron chi connectivity index (χ4n) is 4.15. The Hall–Kier alpha value is -0.980. The monoisotopic (exact) mass is 278 g/mol. The first-order valence-corrected chi connectivity index (χ1v) is 7.61. The van der Waals surface area contributed by atoms with Crippen molar-refractivity contribution in [2.24, 2.45) is 17.6 Å². The van der Waals surface area contributed by atoms with Crippen LogP contribution in [0.3, 0.4) is 0 Å². The van der Waals surface area contributed by atoms with Crippen LogP contribution in [-0.4, -0.2) is 47.8 Å². The van der Waals surface area contributed by atoms with Crippen LogP contribution in [0.25, 0.3) is 0 Å². The molecule has 3 aliphatic rings. The average molecular weight is 278 g/mol. The van der Waals surface area contributed by atoms with Crippen LogP contribution in [0.5, 0.6) is 0 Å². The highest BCUT2D eigenvalue weighted by Crippen LogP contribution is 2.51. The third kappa shape index (κ3) is 1.98. The van der Waals surface area contributed by atoms with Crippen molar-refractivity contribution in [3.05, 3.63) is 11.7 Å². The van der Waals surface area contributed by atoms with Gasteiger partial charge in [-0.15, -0.1) is 0 Å². The second-order valence-electron chi connectivity index (χ2n) is 6.55. The number of aromatic nitrogens is 2. The molecule has 6 nitrogen and oxygen atoms in total. The van der Waals surface area contributed by atoms with Gasteiger partial charge in [0, 0.05) is 19.1 Å². The number of nitrogens with zero attached hydrogens (tertiary/aromatic N) is 3. The van der Waals surface area contributed by atoms with E-state index in [-0.39, 0.29) is 18.1 Å². The second-order valence-corrected chi connectivity index (χ2v) is 6.55. The van der Waals surface area contributed by atoms with Crippen LogP contribution < -0.4 is 5.73 Å². The van der Waals surface area contributed by atoms with E-state index < -0.39 is 0 Å². The van der Waals surface area contributed by atoms with Crippen LogP contribution in [0.15, 0.2) is 4.52 Å². The van der Waals surface area contributed by atoms with Gasteiger partial charge in [-0.1, -0.05) is 5.16 Å². The predicted molar refractivity (Wildman–Crippen MR) is 72.0 cm³/mol. The molecule has 2 aliphatic carbocycles. The molecule has 5 unspecified atom stereocenters. The number of nitrogens with two attached hydrogens (primary N) is 1. The standard InChI is InChI=1S/C14H22N4O2/c1-18-4-5-19-10(7-18)13-16-14(20-17-13)11-8-2-3-9(6-8)12(11)15/h8-12H,2-7,15H2,1H3. The van der Waals surface area contributed by atoms with Crippen LogP contribution in [-0.2, 0) is 4.74 Å².